The average Bonchev–Trinajstić information content (AvgIpc) is 1.39. The van der Waals surface area contributed by atoms with Gasteiger partial charge in [-0.2, -0.15) is 14.1 Å². The van der Waals surface area contributed by atoms with E-state index in [9.17, 15) is 0 Å². The molecule has 0 aliphatic carbocycles. The highest BCUT2D eigenvalue weighted by Crippen LogP contribution is 1.56. The fraction of sp³-hybridized carbons (Fsp3) is 1.00. The molecule has 0 aliphatic rings. The summed E-state index contributed by atoms with van der Waals surface area (Å²) >= 11 is 0. The van der Waals surface area contributed by atoms with Gasteiger partial charge >= 0.3 is 0 Å². The van der Waals surface area contributed by atoms with E-state index in [0.29, 0.717) is 0 Å². The highest BCUT2D eigenvalue weighted by molar-refractivity contribution is 4.50. The molecule has 0 aromatic heterocycles. The lowest BCUT2D eigenvalue weighted by Gasteiger charge is -1.85. The van der Waals surface area contributed by atoms with E-state index in [1.165, 1.54) is 6.42 Å². The Morgan fingerprint density at radius 2 is 1.17 bits per heavy atom. The fourth-order valence-electron chi connectivity index (χ4n) is 0. The molecule has 0 aromatic rings. The summed E-state index contributed by atoms with van der Waals surface area (Å²) in [7, 11) is 3.50. The lowest BCUT2D eigenvalue weighted by atomic mass is 10.6. The first kappa shape index (κ1) is 9.35. The molecule has 0 rings (SSSR count). The number of hydrogen-bond acceptors (Lipinski definition) is 0. The predicted octanol–water partition coefficient (Wildman–Crippen LogP) is 2.04. The summed E-state index contributed by atoms with van der Waals surface area (Å²) in [6, 6.07) is 0. The van der Waals surface area contributed by atoms with Crippen LogP contribution >= 0.6 is 0 Å². The summed E-state index contributed by atoms with van der Waals surface area (Å²) in [6.07, 6.45) is 1.25. The molecular weight excluding hydrogens is 74.1 g/mol. The molecule has 1 nitrogen and oxygen atoms in total. The zero-order valence-electron chi connectivity index (χ0n) is 5.15. The second kappa shape index (κ2) is 20.2. The second-order valence-electron chi connectivity index (χ2n) is 1.15. The van der Waals surface area contributed by atoms with Gasteiger partial charge in [-0.25, -0.2) is 0 Å². The van der Waals surface area contributed by atoms with Crippen LogP contribution in [0.2, 0.25) is 0 Å². The average molecular weight is 88.2 g/mol. The molecule has 0 aromatic carbocycles. The maximum atomic E-state index is 3.50. The molecule has 0 saturated heterocycles. The first-order chi connectivity index (χ1) is 2.83. The Morgan fingerprint density at radius 1 is 1.17 bits per heavy atom. The van der Waals surface area contributed by atoms with Crippen molar-refractivity contribution in [3.05, 3.63) is 5.32 Å². The van der Waals surface area contributed by atoms with E-state index in [1.54, 1.807) is 14.1 Å². The van der Waals surface area contributed by atoms with Crippen molar-refractivity contribution >= 4 is 0 Å². The van der Waals surface area contributed by atoms with Gasteiger partial charge in [-0.3, -0.25) is 0 Å². The van der Waals surface area contributed by atoms with Crippen LogP contribution in [-0.4, -0.2) is 14.1 Å². The third-order valence-electron chi connectivity index (χ3n) is 0. The monoisotopic (exact) mass is 88.1 g/mol. The summed E-state index contributed by atoms with van der Waals surface area (Å²) in [5.41, 5.74) is 0. The zero-order chi connectivity index (χ0) is 5.41. The number of rotatable bonds is 0. The summed E-state index contributed by atoms with van der Waals surface area (Å²) in [6.45, 7) is 4.25. The van der Waals surface area contributed by atoms with E-state index in [4.69, 9.17) is 0 Å². The predicted molar refractivity (Wildman–Crippen MR) is 31.2 cm³/mol. The van der Waals surface area contributed by atoms with Gasteiger partial charge in [0.1, 0.15) is 0 Å². The van der Waals surface area contributed by atoms with Crippen molar-refractivity contribution in [2.75, 3.05) is 14.1 Å². The Labute approximate surface area is 40.8 Å². The van der Waals surface area contributed by atoms with Crippen LogP contribution in [0.3, 0.4) is 0 Å². The van der Waals surface area contributed by atoms with Crippen LogP contribution < -0.4 is 0 Å². The first-order valence-corrected chi connectivity index (χ1v) is 2.31. The minimum Gasteiger partial charge on any atom is -0.668 e. The van der Waals surface area contributed by atoms with Crippen molar-refractivity contribution < 1.29 is 0 Å². The largest absolute Gasteiger partial charge is 0.668 e. The second-order valence-corrected chi connectivity index (χ2v) is 1.15. The molecule has 0 saturated carbocycles. The van der Waals surface area contributed by atoms with Crippen LogP contribution in [0.4, 0.5) is 0 Å². The molecule has 1 heteroatoms. The summed E-state index contributed by atoms with van der Waals surface area (Å²) < 4.78 is 0. The Hall–Kier alpha value is -0.0400. The van der Waals surface area contributed by atoms with Crippen LogP contribution in [0.15, 0.2) is 0 Å². The Balaban J connectivity index is 0. The van der Waals surface area contributed by atoms with Crippen molar-refractivity contribution in [1.82, 2.24) is 0 Å². The molecule has 0 spiro atoms. The molecule has 0 fully saturated rings. The Kier molecular flexibility index (Phi) is 31.6. The minimum absolute atomic E-state index is 1.25. The molecule has 0 aliphatic heterocycles. The van der Waals surface area contributed by atoms with E-state index in [0.717, 1.165) is 0 Å². The van der Waals surface area contributed by atoms with Gasteiger partial charge in [-0.1, -0.05) is 20.3 Å². The van der Waals surface area contributed by atoms with Gasteiger partial charge < -0.3 is 5.32 Å². The molecule has 0 amide bonds. The van der Waals surface area contributed by atoms with Crippen molar-refractivity contribution in [2.45, 2.75) is 20.3 Å². The van der Waals surface area contributed by atoms with E-state index >= 15 is 0 Å². The van der Waals surface area contributed by atoms with Gasteiger partial charge in [0.2, 0.25) is 0 Å². The number of nitrogens with zero attached hydrogens (tertiary/aromatic N) is 1. The molecule has 0 unspecified atom stereocenters. The van der Waals surface area contributed by atoms with Gasteiger partial charge in [-0.05, 0) is 0 Å². The van der Waals surface area contributed by atoms with Gasteiger partial charge in [-0.15, -0.1) is 0 Å². The maximum Gasteiger partial charge on any atom is -0.0590 e. The minimum atomic E-state index is 1.25. The van der Waals surface area contributed by atoms with Crippen LogP contribution in [-0.2, 0) is 0 Å². The summed E-state index contributed by atoms with van der Waals surface area (Å²) in [5, 5.41) is 3.50. The van der Waals surface area contributed by atoms with E-state index in [1.807, 2.05) is 0 Å². The smallest absolute Gasteiger partial charge is 0.0590 e. The number of hydrogen-bond donors (Lipinski definition) is 0. The standard InChI is InChI=1S/C3H8.C2H6N/c2*1-3-2/h3H2,1-2H3;1-2H3/q;-1. The van der Waals surface area contributed by atoms with Crippen LogP contribution in [0.1, 0.15) is 20.3 Å². The lowest BCUT2D eigenvalue weighted by Crippen LogP contribution is -1.39. The Bertz CT molecular complexity index is 5.90. The van der Waals surface area contributed by atoms with Gasteiger partial charge in [0.25, 0.3) is 0 Å². The van der Waals surface area contributed by atoms with E-state index < -0.39 is 0 Å². The quantitative estimate of drug-likeness (QED) is 0.430. The summed E-state index contributed by atoms with van der Waals surface area (Å²) in [4.78, 5) is 0. The molecule has 0 radical (unpaired) electrons. The molecule has 0 atom stereocenters. The summed E-state index contributed by atoms with van der Waals surface area (Å²) in [5.74, 6) is 0. The van der Waals surface area contributed by atoms with Gasteiger partial charge in [0, 0.05) is 0 Å². The third kappa shape index (κ3) is 21700. The van der Waals surface area contributed by atoms with Crippen molar-refractivity contribution in [3.8, 4) is 0 Å². The highest BCUT2D eigenvalue weighted by Gasteiger charge is 1.35. The molecule has 0 N–H and O–H groups in total. The molecule has 0 bridgehead atoms. The van der Waals surface area contributed by atoms with E-state index in [2.05, 4.69) is 19.2 Å². The van der Waals surface area contributed by atoms with Crippen LogP contribution in [0.25, 0.3) is 5.32 Å². The van der Waals surface area contributed by atoms with Crippen LogP contribution in [0.5, 0.6) is 0 Å². The van der Waals surface area contributed by atoms with Crippen molar-refractivity contribution in [3.63, 3.8) is 0 Å². The Morgan fingerprint density at radius 3 is 1.17 bits per heavy atom. The van der Waals surface area contributed by atoms with Crippen LogP contribution in [0, 0.1) is 0 Å². The fourth-order valence-corrected chi connectivity index (χ4v) is 0. The molecular formula is C5H14N-. The zero-order valence-corrected chi connectivity index (χ0v) is 5.15. The lowest BCUT2D eigenvalue weighted by molar-refractivity contribution is 1.09. The first-order valence-electron chi connectivity index (χ1n) is 2.31. The third-order valence-corrected chi connectivity index (χ3v) is 0. The molecule has 0 heterocycles. The maximum absolute atomic E-state index is 3.50. The van der Waals surface area contributed by atoms with Gasteiger partial charge in [0.05, 0.1) is 0 Å². The SMILES string of the molecule is CCC.C[N-]C. The van der Waals surface area contributed by atoms with E-state index in [-0.39, 0.29) is 0 Å². The van der Waals surface area contributed by atoms with Crippen molar-refractivity contribution in [1.29, 1.82) is 0 Å². The van der Waals surface area contributed by atoms with Gasteiger partial charge in [0.15, 0.2) is 0 Å². The molecule has 40 valence electrons. The van der Waals surface area contributed by atoms with Crippen molar-refractivity contribution in [2.24, 2.45) is 0 Å². The highest BCUT2D eigenvalue weighted by atomic mass is 14.7. The topological polar surface area (TPSA) is 14.1 Å². The molecule has 6 heavy (non-hydrogen) atoms. The normalized spacial score (nSPS) is 6.00.